The summed E-state index contributed by atoms with van der Waals surface area (Å²) in [7, 11) is 0. The van der Waals surface area contributed by atoms with Crippen molar-refractivity contribution < 1.29 is 4.79 Å². The van der Waals surface area contributed by atoms with Gasteiger partial charge >= 0.3 is 0 Å². The van der Waals surface area contributed by atoms with Crippen molar-refractivity contribution in [1.29, 1.82) is 0 Å². The molecule has 1 amide bonds. The first kappa shape index (κ1) is 13.3. The van der Waals surface area contributed by atoms with E-state index in [0.717, 1.165) is 18.8 Å². The molecule has 2 N–H and O–H groups in total. The van der Waals surface area contributed by atoms with Crippen LogP contribution in [0.2, 0.25) is 0 Å². The summed E-state index contributed by atoms with van der Waals surface area (Å²) in [5.41, 5.74) is 0.919. The number of carbonyl (C=O) groups excluding carboxylic acids is 1. The molecule has 0 saturated heterocycles. The van der Waals surface area contributed by atoms with Crippen LogP contribution < -0.4 is 10.6 Å². The number of carbonyl (C=O) groups is 1. The van der Waals surface area contributed by atoms with Crippen molar-refractivity contribution in [2.45, 2.75) is 26.9 Å². The minimum absolute atomic E-state index is 0.0245. The molecule has 2 rings (SSSR count). The smallest absolute Gasteiger partial charge is 0.221 e. The summed E-state index contributed by atoms with van der Waals surface area (Å²) >= 11 is 3.47. The van der Waals surface area contributed by atoms with E-state index in [1.54, 1.807) is 11.3 Å². The van der Waals surface area contributed by atoms with Crippen molar-refractivity contribution in [3.8, 4) is 0 Å². The standard InChI is InChI=1S/C13H16N2OS2/c1-9-3-4-11(18-9)7-14-8-13-12(5-6-17-13)15-10(2)16/h3-6,14H,7-8H2,1-2H3,(H,15,16). The zero-order valence-corrected chi connectivity index (χ0v) is 12.1. The lowest BCUT2D eigenvalue weighted by Gasteiger charge is -2.05. The maximum absolute atomic E-state index is 11.0. The highest BCUT2D eigenvalue weighted by atomic mass is 32.1. The van der Waals surface area contributed by atoms with Crippen LogP contribution >= 0.6 is 22.7 Å². The van der Waals surface area contributed by atoms with Crippen LogP contribution in [0.4, 0.5) is 5.69 Å². The van der Waals surface area contributed by atoms with Gasteiger partial charge in [-0.1, -0.05) is 0 Å². The molecule has 3 nitrogen and oxygen atoms in total. The molecule has 0 aliphatic rings. The molecule has 5 heteroatoms. The number of nitrogens with one attached hydrogen (secondary N) is 2. The zero-order valence-electron chi connectivity index (χ0n) is 10.4. The Morgan fingerprint density at radius 3 is 2.78 bits per heavy atom. The number of rotatable bonds is 5. The van der Waals surface area contributed by atoms with E-state index in [9.17, 15) is 4.79 Å². The quantitative estimate of drug-likeness (QED) is 0.881. The van der Waals surface area contributed by atoms with Gasteiger partial charge in [0.15, 0.2) is 0 Å². The number of anilines is 1. The summed E-state index contributed by atoms with van der Waals surface area (Å²) in [4.78, 5) is 14.9. The zero-order chi connectivity index (χ0) is 13.0. The first-order valence-electron chi connectivity index (χ1n) is 5.75. The predicted octanol–water partition coefficient (Wildman–Crippen LogP) is 3.37. The molecular formula is C13H16N2OS2. The summed E-state index contributed by atoms with van der Waals surface area (Å²) in [6.07, 6.45) is 0. The third-order valence-electron chi connectivity index (χ3n) is 2.44. The van der Waals surface area contributed by atoms with Crippen LogP contribution in [0.15, 0.2) is 23.6 Å². The molecule has 0 spiro atoms. The molecule has 0 bridgehead atoms. The van der Waals surface area contributed by atoms with Gasteiger partial charge < -0.3 is 10.6 Å². The van der Waals surface area contributed by atoms with Gasteiger partial charge in [-0.15, -0.1) is 22.7 Å². The van der Waals surface area contributed by atoms with Crippen LogP contribution in [0.25, 0.3) is 0 Å². The van der Waals surface area contributed by atoms with Crippen LogP contribution in [-0.2, 0) is 17.9 Å². The lowest BCUT2D eigenvalue weighted by atomic mass is 10.3. The fourth-order valence-corrected chi connectivity index (χ4v) is 3.32. The van der Waals surface area contributed by atoms with Gasteiger partial charge in [0.1, 0.15) is 0 Å². The number of hydrogen-bond acceptors (Lipinski definition) is 4. The second-order valence-corrected chi connectivity index (χ2v) is 6.43. The van der Waals surface area contributed by atoms with Crippen molar-refractivity contribution in [3.63, 3.8) is 0 Å². The van der Waals surface area contributed by atoms with E-state index in [-0.39, 0.29) is 5.91 Å². The summed E-state index contributed by atoms with van der Waals surface area (Å²) < 4.78 is 0. The fourth-order valence-electron chi connectivity index (χ4n) is 1.66. The molecule has 2 aromatic rings. The second-order valence-electron chi connectivity index (χ2n) is 4.05. The van der Waals surface area contributed by atoms with Crippen LogP contribution in [0.5, 0.6) is 0 Å². The van der Waals surface area contributed by atoms with E-state index in [1.807, 2.05) is 22.8 Å². The topological polar surface area (TPSA) is 41.1 Å². The molecule has 0 radical (unpaired) electrons. The molecule has 96 valence electrons. The van der Waals surface area contributed by atoms with E-state index in [2.05, 4.69) is 29.7 Å². The van der Waals surface area contributed by atoms with E-state index >= 15 is 0 Å². The molecule has 0 unspecified atom stereocenters. The van der Waals surface area contributed by atoms with Gasteiger partial charge in [-0.2, -0.15) is 0 Å². The average molecular weight is 280 g/mol. The van der Waals surface area contributed by atoms with E-state index in [4.69, 9.17) is 0 Å². The van der Waals surface area contributed by atoms with Crippen LogP contribution in [0.1, 0.15) is 21.6 Å². The molecule has 2 heterocycles. The third kappa shape index (κ3) is 3.66. The average Bonchev–Trinajstić information content (AvgIpc) is 2.88. The first-order chi connectivity index (χ1) is 8.65. The highest BCUT2D eigenvalue weighted by Gasteiger charge is 2.05. The number of amides is 1. The second kappa shape index (κ2) is 6.13. The van der Waals surface area contributed by atoms with Gasteiger partial charge in [-0.25, -0.2) is 0 Å². The van der Waals surface area contributed by atoms with Crippen molar-refractivity contribution in [2.75, 3.05) is 5.32 Å². The predicted molar refractivity (Wildman–Crippen MR) is 78.2 cm³/mol. The van der Waals surface area contributed by atoms with Crippen molar-refractivity contribution >= 4 is 34.3 Å². The molecule has 0 aliphatic heterocycles. The summed E-state index contributed by atoms with van der Waals surface area (Å²) in [6.45, 7) is 5.30. The minimum atomic E-state index is -0.0245. The van der Waals surface area contributed by atoms with Crippen LogP contribution in [0, 0.1) is 6.92 Å². The molecule has 18 heavy (non-hydrogen) atoms. The normalized spacial score (nSPS) is 10.6. The van der Waals surface area contributed by atoms with E-state index < -0.39 is 0 Å². The van der Waals surface area contributed by atoms with Gasteiger partial charge in [0.2, 0.25) is 5.91 Å². The van der Waals surface area contributed by atoms with Gasteiger partial charge in [0.05, 0.1) is 5.69 Å². The van der Waals surface area contributed by atoms with Crippen LogP contribution in [0.3, 0.4) is 0 Å². The highest BCUT2D eigenvalue weighted by molar-refractivity contribution is 7.11. The lowest BCUT2D eigenvalue weighted by Crippen LogP contribution is -2.13. The fraction of sp³-hybridized carbons (Fsp3) is 0.308. The van der Waals surface area contributed by atoms with Crippen molar-refractivity contribution in [3.05, 3.63) is 38.2 Å². The monoisotopic (exact) mass is 280 g/mol. The minimum Gasteiger partial charge on any atom is -0.325 e. The van der Waals surface area contributed by atoms with Crippen LogP contribution in [-0.4, -0.2) is 5.91 Å². The molecule has 0 fully saturated rings. The molecule has 0 saturated carbocycles. The Morgan fingerprint density at radius 2 is 2.11 bits per heavy atom. The molecule has 0 aromatic carbocycles. The maximum Gasteiger partial charge on any atom is 0.221 e. The SMILES string of the molecule is CC(=O)Nc1ccsc1CNCc1ccc(C)s1. The van der Waals surface area contributed by atoms with Crippen molar-refractivity contribution in [2.24, 2.45) is 0 Å². The molecule has 2 aromatic heterocycles. The number of thiophene rings is 2. The van der Waals surface area contributed by atoms with Gasteiger partial charge in [0, 0.05) is 34.6 Å². The Hall–Kier alpha value is -1.17. The molecule has 0 aliphatic carbocycles. The Morgan fingerprint density at radius 1 is 1.28 bits per heavy atom. The molecule has 0 atom stereocenters. The van der Waals surface area contributed by atoms with Crippen molar-refractivity contribution in [1.82, 2.24) is 5.32 Å². The first-order valence-corrected chi connectivity index (χ1v) is 7.45. The van der Waals surface area contributed by atoms with E-state index in [1.165, 1.54) is 21.6 Å². The Bertz CT molecular complexity index is 531. The number of aryl methyl sites for hydroxylation is 1. The van der Waals surface area contributed by atoms with Gasteiger partial charge in [0.25, 0.3) is 0 Å². The highest BCUT2D eigenvalue weighted by Crippen LogP contribution is 2.22. The Labute approximate surface area is 115 Å². The van der Waals surface area contributed by atoms with Gasteiger partial charge in [-0.05, 0) is 30.5 Å². The Balaban J connectivity index is 1.86. The Kier molecular flexibility index (Phi) is 4.52. The van der Waals surface area contributed by atoms with E-state index in [0.29, 0.717) is 0 Å². The number of hydrogen-bond donors (Lipinski definition) is 2. The maximum atomic E-state index is 11.0. The summed E-state index contributed by atoms with van der Waals surface area (Å²) in [5.74, 6) is -0.0245. The lowest BCUT2D eigenvalue weighted by molar-refractivity contribution is -0.114. The van der Waals surface area contributed by atoms with Gasteiger partial charge in [-0.3, -0.25) is 4.79 Å². The largest absolute Gasteiger partial charge is 0.325 e. The summed E-state index contributed by atoms with van der Waals surface area (Å²) in [6, 6.07) is 6.23. The summed E-state index contributed by atoms with van der Waals surface area (Å²) in [5, 5.41) is 8.24. The third-order valence-corrected chi connectivity index (χ3v) is 4.36. The molecular weight excluding hydrogens is 264 g/mol.